The van der Waals surface area contributed by atoms with Crippen molar-refractivity contribution in [1.82, 2.24) is 10.6 Å². The molecule has 2 atom stereocenters. The van der Waals surface area contributed by atoms with E-state index in [4.69, 9.17) is 4.74 Å². The van der Waals surface area contributed by atoms with Gasteiger partial charge in [0, 0.05) is 12.1 Å². The largest absolute Gasteiger partial charge is 0.376 e. The van der Waals surface area contributed by atoms with Crippen molar-refractivity contribution in [2.75, 3.05) is 6.61 Å². The molecule has 4 aliphatic carbocycles. The highest BCUT2D eigenvalue weighted by atomic mass is 16.5. The van der Waals surface area contributed by atoms with Crippen molar-refractivity contribution < 1.29 is 9.53 Å². The molecule has 1 heterocycles. The van der Waals surface area contributed by atoms with Gasteiger partial charge < -0.3 is 15.4 Å². The summed E-state index contributed by atoms with van der Waals surface area (Å²) in [6.45, 7) is 2.91. The maximum atomic E-state index is 12.4. The Hall–Kier alpha value is -0.770. The van der Waals surface area contributed by atoms with Crippen molar-refractivity contribution >= 4 is 6.03 Å². The zero-order valence-corrected chi connectivity index (χ0v) is 13.1. The van der Waals surface area contributed by atoms with Gasteiger partial charge in [-0.1, -0.05) is 0 Å². The molecular formula is C17H28N2O2. The smallest absolute Gasteiger partial charge is 0.315 e. The number of nitrogens with one attached hydrogen (secondary N) is 2. The average molecular weight is 292 g/mol. The molecule has 1 saturated heterocycles. The van der Waals surface area contributed by atoms with E-state index in [0.717, 1.165) is 37.2 Å². The number of carbonyl (C=O) groups excluding carboxylic acids is 1. The van der Waals surface area contributed by atoms with E-state index in [-0.39, 0.29) is 23.7 Å². The van der Waals surface area contributed by atoms with Crippen LogP contribution in [0.15, 0.2) is 0 Å². The Labute approximate surface area is 127 Å². The summed E-state index contributed by atoms with van der Waals surface area (Å²) in [5.41, 5.74) is 0.106. The van der Waals surface area contributed by atoms with E-state index in [9.17, 15) is 4.79 Å². The molecule has 2 N–H and O–H groups in total. The highest BCUT2D eigenvalue weighted by Gasteiger charge is 2.51. The second-order valence-corrected chi connectivity index (χ2v) is 8.14. The SMILES string of the molecule is C[C@@H](NC(=O)NC12CC3CC(CC(C3)C1)C2)[C@H]1CCCO1. The Morgan fingerprint density at radius 1 is 1.14 bits per heavy atom. The van der Waals surface area contributed by atoms with Crippen LogP contribution in [-0.2, 0) is 4.74 Å². The summed E-state index contributed by atoms with van der Waals surface area (Å²) in [5, 5.41) is 6.50. The van der Waals surface area contributed by atoms with E-state index in [1.54, 1.807) is 0 Å². The number of ether oxygens (including phenoxy) is 1. The molecule has 5 aliphatic rings. The normalized spacial score (nSPS) is 45.6. The molecule has 4 saturated carbocycles. The zero-order chi connectivity index (χ0) is 14.4. The van der Waals surface area contributed by atoms with E-state index >= 15 is 0 Å². The minimum Gasteiger partial charge on any atom is -0.376 e. The maximum absolute atomic E-state index is 12.4. The summed E-state index contributed by atoms with van der Waals surface area (Å²) < 4.78 is 5.67. The molecular weight excluding hydrogens is 264 g/mol. The molecule has 21 heavy (non-hydrogen) atoms. The Bertz CT molecular complexity index is 382. The van der Waals surface area contributed by atoms with Gasteiger partial charge in [-0.05, 0) is 76.0 Å². The molecule has 0 radical (unpaired) electrons. The van der Waals surface area contributed by atoms with E-state index in [1.165, 1.54) is 38.5 Å². The lowest BCUT2D eigenvalue weighted by Gasteiger charge is -2.56. The molecule has 118 valence electrons. The summed E-state index contributed by atoms with van der Waals surface area (Å²) in [5.74, 6) is 2.60. The Kier molecular flexibility index (Phi) is 3.40. The molecule has 5 rings (SSSR count). The van der Waals surface area contributed by atoms with Crippen LogP contribution >= 0.6 is 0 Å². The number of amides is 2. The lowest BCUT2D eigenvalue weighted by Crippen LogP contribution is -2.62. The van der Waals surface area contributed by atoms with Gasteiger partial charge in [0.2, 0.25) is 0 Å². The molecule has 0 spiro atoms. The first-order valence-electron chi connectivity index (χ1n) is 8.82. The fourth-order valence-electron chi connectivity index (χ4n) is 5.84. The molecule has 0 aromatic carbocycles. The third kappa shape index (κ3) is 2.67. The molecule has 0 aromatic rings. The molecule has 0 aromatic heterocycles. The Morgan fingerprint density at radius 2 is 1.76 bits per heavy atom. The second-order valence-electron chi connectivity index (χ2n) is 8.14. The highest BCUT2D eigenvalue weighted by Crippen LogP contribution is 2.55. The Balaban J connectivity index is 1.36. The molecule has 2 amide bonds. The van der Waals surface area contributed by atoms with Gasteiger partial charge >= 0.3 is 6.03 Å². The van der Waals surface area contributed by atoms with Crippen LogP contribution in [0.3, 0.4) is 0 Å². The topological polar surface area (TPSA) is 50.4 Å². The van der Waals surface area contributed by atoms with Crippen LogP contribution in [0.5, 0.6) is 0 Å². The minimum atomic E-state index is 0.0277. The van der Waals surface area contributed by atoms with Crippen LogP contribution in [0, 0.1) is 17.8 Å². The average Bonchev–Trinajstić information content (AvgIpc) is 2.89. The van der Waals surface area contributed by atoms with Crippen molar-refractivity contribution in [2.45, 2.75) is 76.0 Å². The third-order valence-electron chi connectivity index (χ3n) is 6.30. The van der Waals surface area contributed by atoms with Crippen LogP contribution in [0.2, 0.25) is 0 Å². The number of carbonyl (C=O) groups is 1. The fourth-order valence-corrected chi connectivity index (χ4v) is 5.84. The number of hydrogen-bond acceptors (Lipinski definition) is 2. The van der Waals surface area contributed by atoms with Crippen molar-refractivity contribution in [3.63, 3.8) is 0 Å². The van der Waals surface area contributed by atoms with Gasteiger partial charge in [0.1, 0.15) is 0 Å². The quantitative estimate of drug-likeness (QED) is 0.840. The summed E-state index contributed by atoms with van der Waals surface area (Å²) in [6.07, 6.45) is 10.2. The lowest BCUT2D eigenvalue weighted by atomic mass is 9.53. The van der Waals surface area contributed by atoms with Crippen molar-refractivity contribution in [3.8, 4) is 0 Å². The summed E-state index contributed by atoms with van der Waals surface area (Å²) in [7, 11) is 0. The van der Waals surface area contributed by atoms with Gasteiger partial charge in [-0.3, -0.25) is 0 Å². The summed E-state index contributed by atoms with van der Waals surface area (Å²) in [4.78, 5) is 12.4. The number of hydrogen-bond donors (Lipinski definition) is 2. The van der Waals surface area contributed by atoms with Crippen molar-refractivity contribution in [1.29, 1.82) is 0 Å². The molecule has 4 bridgehead atoms. The van der Waals surface area contributed by atoms with Crippen LogP contribution in [0.4, 0.5) is 4.79 Å². The van der Waals surface area contributed by atoms with E-state index in [2.05, 4.69) is 17.6 Å². The first-order valence-corrected chi connectivity index (χ1v) is 8.82. The van der Waals surface area contributed by atoms with Crippen LogP contribution < -0.4 is 10.6 Å². The monoisotopic (exact) mass is 292 g/mol. The standard InChI is InChI=1S/C17H28N2O2/c1-11(15-3-2-4-21-15)18-16(20)19-17-8-12-5-13(9-17)7-14(6-12)10-17/h11-15H,2-10H2,1H3,(H2,18,19,20)/t11-,12?,13?,14?,15-,17?/m1/s1. The Morgan fingerprint density at radius 3 is 2.29 bits per heavy atom. The maximum Gasteiger partial charge on any atom is 0.315 e. The predicted molar refractivity (Wildman–Crippen MR) is 81.0 cm³/mol. The molecule has 0 unspecified atom stereocenters. The van der Waals surface area contributed by atoms with Gasteiger partial charge in [-0.2, -0.15) is 0 Å². The van der Waals surface area contributed by atoms with Crippen LogP contribution in [0.1, 0.15) is 58.3 Å². The summed E-state index contributed by atoms with van der Waals surface area (Å²) in [6, 6.07) is 0.140. The lowest BCUT2D eigenvalue weighted by molar-refractivity contribution is -0.0140. The first kappa shape index (κ1) is 13.9. The van der Waals surface area contributed by atoms with Gasteiger partial charge in [-0.25, -0.2) is 4.79 Å². The molecule has 1 aliphatic heterocycles. The molecule has 5 fully saturated rings. The molecule has 4 heteroatoms. The third-order valence-corrected chi connectivity index (χ3v) is 6.30. The fraction of sp³-hybridized carbons (Fsp3) is 0.941. The first-order chi connectivity index (χ1) is 10.1. The van der Waals surface area contributed by atoms with Gasteiger partial charge in [0.05, 0.1) is 12.1 Å². The van der Waals surface area contributed by atoms with Gasteiger partial charge in [0.25, 0.3) is 0 Å². The number of urea groups is 1. The van der Waals surface area contributed by atoms with Crippen molar-refractivity contribution in [3.05, 3.63) is 0 Å². The van der Waals surface area contributed by atoms with E-state index in [1.807, 2.05) is 0 Å². The number of rotatable bonds is 3. The van der Waals surface area contributed by atoms with E-state index < -0.39 is 0 Å². The predicted octanol–water partition coefficient (Wildman–Crippen LogP) is 2.82. The van der Waals surface area contributed by atoms with E-state index in [0.29, 0.717) is 0 Å². The van der Waals surface area contributed by atoms with Crippen LogP contribution in [0.25, 0.3) is 0 Å². The minimum absolute atomic E-state index is 0.0277. The highest BCUT2D eigenvalue weighted by molar-refractivity contribution is 5.75. The zero-order valence-electron chi connectivity index (χ0n) is 13.1. The molecule has 4 nitrogen and oxygen atoms in total. The van der Waals surface area contributed by atoms with Gasteiger partial charge in [0.15, 0.2) is 0 Å². The summed E-state index contributed by atoms with van der Waals surface area (Å²) >= 11 is 0. The van der Waals surface area contributed by atoms with Crippen molar-refractivity contribution in [2.24, 2.45) is 17.8 Å². The van der Waals surface area contributed by atoms with Gasteiger partial charge in [-0.15, -0.1) is 0 Å². The van der Waals surface area contributed by atoms with Crippen LogP contribution in [-0.4, -0.2) is 30.3 Å². The second kappa shape index (κ2) is 5.15.